The molecule has 1 unspecified atom stereocenters. The van der Waals surface area contributed by atoms with Gasteiger partial charge in [-0.05, 0) is 24.8 Å². The molecule has 0 aromatic carbocycles. The molecule has 1 aromatic heterocycles. The highest BCUT2D eigenvalue weighted by atomic mass is 16.5. The van der Waals surface area contributed by atoms with Crippen LogP contribution in [0.3, 0.4) is 0 Å². The third-order valence-electron chi connectivity index (χ3n) is 2.43. The summed E-state index contributed by atoms with van der Waals surface area (Å²) in [5.41, 5.74) is 5.72. The van der Waals surface area contributed by atoms with Crippen LogP contribution in [0.1, 0.15) is 38.9 Å². The summed E-state index contributed by atoms with van der Waals surface area (Å²) in [7, 11) is 0. The van der Waals surface area contributed by atoms with E-state index in [1.807, 2.05) is 6.92 Å². The van der Waals surface area contributed by atoms with Gasteiger partial charge in [-0.3, -0.25) is 0 Å². The van der Waals surface area contributed by atoms with Gasteiger partial charge >= 0.3 is 0 Å². The molecule has 1 rings (SSSR count). The molecule has 0 fully saturated rings. The highest BCUT2D eigenvalue weighted by Crippen LogP contribution is 2.15. The van der Waals surface area contributed by atoms with E-state index in [0.29, 0.717) is 18.4 Å². The van der Waals surface area contributed by atoms with Gasteiger partial charge in [0.25, 0.3) is 0 Å². The van der Waals surface area contributed by atoms with Crippen LogP contribution in [0.25, 0.3) is 0 Å². The van der Waals surface area contributed by atoms with Crippen molar-refractivity contribution in [3.8, 4) is 0 Å². The quantitative estimate of drug-likeness (QED) is 0.779. The third kappa shape index (κ3) is 4.00. The molecule has 0 radical (unpaired) electrons. The number of hydrogen-bond donors (Lipinski definition) is 1. The van der Waals surface area contributed by atoms with Crippen molar-refractivity contribution in [1.82, 2.24) is 10.1 Å². The molecule has 0 bridgehead atoms. The molecular weight excluding hydrogens is 190 g/mol. The Labute approximate surface area is 91.2 Å². The molecule has 0 amide bonds. The first-order valence-electron chi connectivity index (χ1n) is 5.67. The van der Waals surface area contributed by atoms with Crippen molar-refractivity contribution >= 4 is 0 Å². The van der Waals surface area contributed by atoms with Gasteiger partial charge in [-0.1, -0.05) is 25.9 Å². The van der Waals surface area contributed by atoms with Crippen molar-refractivity contribution in [2.75, 3.05) is 6.54 Å². The van der Waals surface area contributed by atoms with Gasteiger partial charge in [0.1, 0.15) is 0 Å². The Balaban J connectivity index is 2.50. The molecule has 86 valence electrons. The maximum absolute atomic E-state index is 5.72. The summed E-state index contributed by atoms with van der Waals surface area (Å²) in [6, 6.07) is 0. The molecule has 4 heteroatoms. The van der Waals surface area contributed by atoms with E-state index in [-0.39, 0.29) is 0 Å². The smallest absolute Gasteiger partial charge is 0.226 e. The molecule has 0 aliphatic rings. The monoisotopic (exact) mass is 211 g/mol. The van der Waals surface area contributed by atoms with Crippen molar-refractivity contribution in [1.29, 1.82) is 0 Å². The van der Waals surface area contributed by atoms with Crippen molar-refractivity contribution < 1.29 is 4.52 Å². The Kier molecular flexibility index (Phi) is 4.75. The van der Waals surface area contributed by atoms with Gasteiger partial charge in [-0.2, -0.15) is 4.98 Å². The van der Waals surface area contributed by atoms with Crippen LogP contribution in [0.5, 0.6) is 0 Å². The minimum absolute atomic E-state index is 0.454. The lowest BCUT2D eigenvalue weighted by Gasteiger charge is -2.14. The summed E-state index contributed by atoms with van der Waals surface area (Å²) in [4.78, 5) is 4.29. The van der Waals surface area contributed by atoms with E-state index < -0.39 is 0 Å². The average Bonchev–Trinajstić information content (AvgIpc) is 2.64. The molecule has 0 spiro atoms. The van der Waals surface area contributed by atoms with Gasteiger partial charge in [0, 0.05) is 12.8 Å². The first kappa shape index (κ1) is 12.2. The molecule has 0 aliphatic heterocycles. The Morgan fingerprint density at radius 2 is 2.13 bits per heavy atom. The van der Waals surface area contributed by atoms with E-state index in [2.05, 4.69) is 24.0 Å². The summed E-state index contributed by atoms with van der Waals surface area (Å²) < 4.78 is 5.15. The second kappa shape index (κ2) is 5.85. The van der Waals surface area contributed by atoms with Crippen LogP contribution < -0.4 is 5.73 Å². The zero-order valence-corrected chi connectivity index (χ0v) is 9.86. The second-order valence-corrected chi connectivity index (χ2v) is 4.39. The van der Waals surface area contributed by atoms with E-state index in [9.17, 15) is 0 Å². The van der Waals surface area contributed by atoms with E-state index in [0.717, 1.165) is 31.0 Å². The molecular formula is C11H21N3O. The number of hydrogen-bond acceptors (Lipinski definition) is 4. The normalized spacial score (nSPS) is 13.4. The minimum Gasteiger partial charge on any atom is -0.339 e. The van der Waals surface area contributed by atoms with Crippen molar-refractivity contribution in [3.05, 3.63) is 11.7 Å². The summed E-state index contributed by atoms with van der Waals surface area (Å²) in [6.07, 6.45) is 2.74. The van der Waals surface area contributed by atoms with Crippen LogP contribution in [0, 0.1) is 11.8 Å². The summed E-state index contributed by atoms with van der Waals surface area (Å²) in [6.45, 7) is 7.10. The maximum Gasteiger partial charge on any atom is 0.226 e. The molecule has 1 aromatic rings. The van der Waals surface area contributed by atoms with E-state index >= 15 is 0 Å². The van der Waals surface area contributed by atoms with Gasteiger partial charge in [0.15, 0.2) is 5.82 Å². The fourth-order valence-corrected chi connectivity index (χ4v) is 1.69. The van der Waals surface area contributed by atoms with Crippen molar-refractivity contribution in [2.45, 2.75) is 40.0 Å². The molecule has 0 saturated carbocycles. The lowest BCUT2D eigenvalue weighted by Crippen LogP contribution is -2.19. The predicted octanol–water partition coefficient (Wildman–Crippen LogP) is 1.80. The predicted molar refractivity (Wildman–Crippen MR) is 59.4 cm³/mol. The molecule has 4 nitrogen and oxygen atoms in total. The second-order valence-electron chi connectivity index (χ2n) is 4.39. The van der Waals surface area contributed by atoms with E-state index in [4.69, 9.17) is 10.3 Å². The van der Waals surface area contributed by atoms with Crippen LogP contribution in [-0.4, -0.2) is 16.7 Å². The molecule has 0 saturated heterocycles. The van der Waals surface area contributed by atoms with E-state index in [1.54, 1.807) is 0 Å². The fourth-order valence-electron chi connectivity index (χ4n) is 1.69. The Morgan fingerprint density at radius 3 is 2.60 bits per heavy atom. The summed E-state index contributed by atoms with van der Waals surface area (Å²) >= 11 is 0. The highest BCUT2D eigenvalue weighted by Gasteiger charge is 2.14. The molecule has 1 heterocycles. The number of nitrogens with zero attached hydrogens (tertiary/aromatic N) is 2. The molecule has 1 atom stereocenters. The number of rotatable bonds is 6. The standard InChI is InChI=1S/C11H21N3O/c1-4-10-13-11(15-14-10)6-9(7-12)5-8(2)3/h8-9H,4-7,12H2,1-3H3. The number of aryl methyl sites for hydroxylation is 1. The lowest BCUT2D eigenvalue weighted by molar-refractivity contribution is 0.329. The van der Waals surface area contributed by atoms with Crippen LogP contribution >= 0.6 is 0 Å². The van der Waals surface area contributed by atoms with Crippen LogP contribution in [-0.2, 0) is 12.8 Å². The SMILES string of the molecule is CCc1noc(CC(CN)CC(C)C)n1. The summed E-state index contributed by atoms with van der Waals surface area (Å²) in [5, 5.41) is 3.87. The lowest BCUT2D eigenvalue weighted by atomic mass is 9.94. The van der Waals surface area contributed by atoms with Crippen molar-refractivity contribution in [2.24, 2.45) is 17.6 Å². The van der Waals surface area contributed by atoms with Gasteiger partial charge in [0.05, 0.1) is 0 Å². The zero-order valence-electron chi connectivity index (χ0n) is 9.86. The molecule has 15 heavy (non-hydrogen) atoms. The van der Waals surface area contributed by atoms with Crippen molar-refractivity contribution in [3.63, 3.8) is 0 Å². The highest BCUT2D eigenvalue weighted by molar-refractivity contribution is 4.87. The fraction of sp³-hybridized carbons (Fsp3) is 0.818. The van der Waals surface area contributed by atoms with Gasteiger partial charge < -0.3 is 10.3 Å². The van der Waals surface area contributed by atoms with Crippen LogP contribution in [0.4, 0.5) is 0 Å². The Bertz CT molecular complexity index is 283. The van der Waals surface area contributed by atoms with Gasteiger partial charge in [-0.15, -0.1) is 0 Å². The molecule has 0 aliphatic carbocycles. The Hall–Kier alpha value is -0.900. The van der Waals surface area contributed by atoms with Gasteiger partial charge in [-0.25, -0.2) is 0 Å². The first-order chi connectivity index (χ1) is 7.15. The largest absolute Gasteiger partial charge is 0.339 e. The zero-order chi connectivity index (χ0) is 11.3. The van der Waals surface area contributed by atoms with Crippen LogP contribution in [0.15, 0.2) is 4.52 Å². The first-order valence-corrected chi connectivity index (χ1v) is 5.67. The number of aromatic nitrogens is 2. The van der Waals surface area contributed by atoms with Gasteiger partial charge in [0.2, 0.25) is 5.89 Å². The number of nitrogens with two attached hydrogens (primary N) is 1. The third-order valence-corrected chi connectivity index (χ3v) is 2.43. The average molecular weight is 211 g/mol. The maximum atomic E-state index is 5.72. The Morgan fingerprint density at radius 1 is 1.40 bits per heavy atom. The minimum atomic E-state index is 0.454. The van der Waals surface area contributed by atoms with Crippen LogP contribution in [0.2, 0.25) is 0 Å². The van der Waals surface area contributed by atoms with E-state index in [1.165, 1.54) is 0 Å². The topological polar surface area (TPSA) is 64.9 Å². The summed E-state index contributed by atoms with van der Waals surface area (Å²) in [5.74, 6) is 2.62. The molecule has 2 N–H and O–H groups in total.